The third kappa shape index (κ3) is 3.29. The first-order chi connectivity index (χ1) is 9.63. The van der Waals surface area contributed by atoms with Crippen LogP contribution in [0.4, 0.5) is 5.82 Å². The van der Waals surface area contributed by atoms with Crippen LogP contribution in [-0.2, 0) is 16.0 Å². The molecule has 0 radical (unpaired) electrons. The SMILES string of the molecule is CCOC(=O)c1cnn(CCN2CCOC[C@@H]2C)c1N. The zero-order valence-corrected chi connectivity index (χ0v) is 12.0. The number of rotatable bonds is 5. The molecule has 1 saturated heterocycles. The van der Waals surface area contributed by atoms with Crippen LogP contribution in [0, 0.1) is 0 Å². The van der Waals surface area contributed by atoms with Crippen molar-refractivity contribution in [2.45, 2.75) is 26.4 Å². The lowest BCUT2D eigenvalue weighted by Crippen LogP contribution is -2.45. The van der Waals surface area contributed by atoms with Crippen molar-refractivity contribution in [3.8, 4) is 0 Å². The molecule has 2 heterocycles. The van der Waals surface area contributed by atoms with Crippen LogP contribution in [0.1, 0.15) is 24.2 Å². The summed E-state index contributed by atoms with van der Waals surface area (Å²) in [6.07, 6.45) is 1.47. The van der Waals surface area contributed by atoms with Crippen molar-refractivity contribution < 1.29 is 14.3 Å². The van der Waals surface area contributed by atoms with E-state index < -0.39 is 5.97 Å². The van der Waals surface area contributed by atoms with Crippen molar-refractivity contribution in [2.24, 2.45) is 0 Å². The molecule has 20 heavy (non-hydrogen) atoms. The van der Waals surface area contributed by atoms with Crippen LogP contribution in [0.3, 0.4) is 0 Å². The Labute approximate surface area is 118 Å². The Morgan fingerprint density at radius 1 is 1.60 bits per heavy atom. The van der Waals surface area contributed by atoms with Crippen LogP contribution in [-0.4, -0.2) is 59.6 Å². The average Bonchev–Trinajstić information content (AvgIpc) is 2.79. The van der Waals surface area contributed by atoms with Gasteiger partial charge < -0.3 is 15.2 Å². The number of hydrogen-bond donors (Lipinski definition) is 1. The summed E-state index contributed by atoms with van der Waals surface area (Å²) in [5, 5.41) is 4.16. The summed E-state index contributed by atoms with van der Waals surface area (Å²) in [4.78, 5) is 14.0. The first-order valence-corrected chi connectivity index (χ1v) is 6.93. The number of nitrogens with zero attached hydrogens (tertiary/aromatic N) is 3. The van der Waals surface area contributed by atoms with E-state index in [1.807, 2.05) is 0 Å². The number of ether oxygens (including phenoxy) is 2. The minimum atomic E-state index is -0.420. The van der Waals surface area contributed by atoms with Gasteiger partial charge in [0.2, 0.25) is 0 Å². The van der Waals surface area contributed by atoms with Gasteiger partial charge in [0.05, 0.1) is 32.6 Å². The largest absolute Gasteiger partial charge is 0.462 e. The molecule has 1 aliphatic heterocycles. The molecule has 7 heteroatoms. The molecule has 112 valence electrons. The molecule has 0 bridgehead atoms. The van der Waals surface area contributed by atoms with Gasteiger partial charge in [-0.25, -0.2) is 9.48 Å². The van der Waals surface area contributed by atoms with Gasteiger partial charge in [-0.3, -0.25) is 4.90 Å². The van der Waals surface area contributed by atoms with E-state index in [2.05, 4.69) is 16.9 Å². The van der Waals surface area contributed by atoms with E-state index in [0.717, 1.165) is 26.3 Å². The maximum Gasteiger partial charge on any atom is 0.343 e. The highest BCUT2D eigenvalue weighted by Gasteiger charge is 2.20. The van der Waals surface area contributed by atoms with Gasteiger partial charge in [-0.2, -0.15) is 5.10 Å². The number of carbonyl (C=O) groups is 1. The van der Waals surface area contributed by atoms with Gasteiger partial charge in [-0.05, 0) is 13.8 Å². The fourth-order valence-corrected chi connectivity index (χ4v) is 2.26. The Morgan fingerprint density at radius 2 is 2.40 bits per heavy atom. The van der Waals surface area contributed by atoms with E-state index >= 15 is 0 Å². The Morgan fingerprint density at radius 3 is 3.10 bits per heavy atom. The Bertz CT molecular complexity index is 460. The first-order valence-electron chi connectivity index (χ1n) is 6.93. The molecule has 1 aliphatic rings. The third-order valence-corrected chi connectivity index (χ3v) is 3.48. The molecule has 1 fully saturated rings. The maximum absolute atomic E-state index is 11.7. The fraction of sp³-hybridized carbons (Fsp3) is 0.692. The van der Waals surface area contributed by atoms with Crippen LogP contribution < -0.4 is 5.73 Å². The summed E-state index contributed by atoms with van der Waals surface area (Å²) in [5.41, 5.74) is 6.28. The molecule has 1 atom stereocenters. The Balaban J connectivity index is 1.94. The molecule has 7 nitrogen and oxygen atoms in total. The molecule has 0 saturated carbocycles. The van der Waals surface area contributed by atoms with Crippen molar-refractivity contribution in [1.29, 1.82) is 0 Å². The molecular formula is C13H22N4O3. The quantitative estimate of drug-likeness (QED) is 0.785. The lowest BCUT2D eigenvalue weighted by molar-refractivity contribution is -0.00195. The smallest absolute Gasteiger partial charge is 0.343 e. The molecule has 0 unspecified atom stereocenters. The van der Waals surface area contributed by atoms with Crippen LogP contribution in [0.25, 0.3) is 0 Å². The van der Waals surface area contributed by atoms with Crippen molar-refractivity contribution in [1.82, 2.24) is 14.7 Å². The van der Waals surface area contributed by atoms with Gasteiger partial charge in [0, 0.05) is 19.1 Å². The van der Waals surface area contributed by atoms with Crippen molar-refractivity contribution in [3.05, 3.63) is 11.8 Å². The molecule has 1 aromatic heterocycles. The van der Waals surface area contributed by atoms with E-state index in [9.17, 15) is 4.79 Å². The van der Waals surface area contributed by atoms with Gasteiger partial charge in [0.15, 0.2) is 0 Å². The van der Waals surface area contributed by atoms with Gasteiger partial charge in [0.1, 0.15) is 11.4 Å². The van der Waals surface area contributed by atoms with Gasteiger partial charge in [-0.15, -0.1) is 0 Å². The normalized spacial score (nSPS) is 20.0. The lowest BCUT2D eigenvalue weighted by atomic mass is 10.2. The highest BCUT2D eigenvalue weighted by atomic mass is 16.5. The van der Waals surface area contributed by atoms with E-state index in [1.54, 1.807) is 11.6 Å². The zero-order valence-electron chi connectivity index (χ0n) is 12.0. The van der Waals surface area contributed by atoms with E-state index in [4.69, 9.17) is 15.2 Å². The monoisotopic (exact) mass is 282 g/mol. The molecular weight excluding hydrogens is 260 g/mol. The van der Waals surface area contributed by atoms with Gasteiger partial charge in [0.25, 0.3) is 0 Å². The Hall–Kier alpha value is -1.60. The summed E-state index contributed by atoms with van der Waals surface area (Å²) in [7, 11) is 0. The number of carbonyl (C=O) groups excluding carboxylic acids is 1. The number of anilines is 1. The van der Waals surface area contributed by atoms with E-state index in [1.165, 1.54) is 6.20 Å². The van der Waals surface area contributed by atoms with E-state index in [-0.39, 0.29) is 0 Å². The molecule has 2 rings (SSSR count). The van der Waals surface area contributed by atoms with Crippen LogP contribution in [0.15, 0.2) is 6.20 Å². The summed E-state index contributed by atoms with van der Waals surface area (Å²) < 4.78 is 12.0. The molecule has 0 spiro atoms. The zero-order chi connectivity index (χ0) is 14.5. The highest BCUT2D eigenvalue weighted by Crippen LogP contribution is 2.13. The molecule has 1 aromatic rings. The second-order valence-corrected chi connectivity index (χ2v) is 4.85. The fourth-order valence-electron chi connectivity index (χ4n) is 2.26. The second kappa shape index (κ2) is 6.71. The van der Waals surface area contributed by atoms with Crippen molar-refractivity contribution in [3.63, 3.8) is 0 Å². The van der Waals surface area contributed by atoms with Gasteiger partial charge >= 0.3 is 5.97 Å². The van der Waals surface area contributed by atoms with E-state index in [0.29, 0.717) is 30.6 Å². The average molecular weight is 282 g/mol. The highest BCUT2D eigenvalue weighted by molar-refractivity contribution is 5.93. The Kier molecular flexibility index (Phi) is 4.97. The third-order valence-electron chi connectivity index (χ3n) is 3.48. The minimum Gasteiger partial charge on any atom is -0.462 e. The predicted octanol–water partition coefficient (Wildman–Crippen LogP) is 0.363. The number of morpholine rings is 1. The summed E-state index contributed by atoms with van der Waals surface area (Å²) in [6.45, 7) is 8.12. The molecule has 2 N–H and O–H groups in total. The topological polar surface area (TPSA) is 82.6 Å². The van der Waals surface area contributed by atoms with Crippen molar-refractivity contribution >= 4 is 11.8 Å². The summed E-state index contributed by atoms with van der Waals surface area (Å²) >= 11 is 0. The number of nitrogen functional groups attached to an aromatic ring is 1. The second-order valence-electron chi connectivity index (χ2n) is 4.85. The number of aromatic nitrogens is 2. The number of hydrogen-bond acceptors (Lipinski definition) is 6. The lowest BCUT2D eigenvalue weighted by Gasteiger charge is -2.33. The van der Waals surface area contributed by atoms with Crippen LogP contribution >= 0.6 is 0 Å². The van der Waals surface area contributed by atoms with Crippen LogP contribution in [0.2, 0.25) is 0 Å². The molecule has 0 aliphatic carbocycles. The molecule has 0 amide bonds. The van der Waals surface area contributed by atoms with Crippen LogP contribution in [0.5, 0.6) is 0 Å². The molecule has 0 aromatic carbocycles. The van der Waals surface area contributed by atoms with Gasteiger partial charge in [-0.1, -0.05) is 0 Å². The first kappa shape index (κ1) is 14.8. The number of esters is 1. The maximum atomic E-state index is 11.7. The minimum absolute atomic E-state index is 0.328. The predicted molar refractivity (Wildman–Crippen MR) is 74.4 cm³/mol. The standard InChI is InChI=1S/C13H22N4O3/c1-3-20-13(18)11-8-15-17(12(11)14)5-4-16-6-7-19-9-10(16)2/h8,10H,3-7,9,14H2,1-2H3/t10-/m0/s1. The summed E-state index contributed by atoms with van der Waals surface area (Å²) in [5.74, 6) is -0.0552. The van der Waals surface area contributed by atoms with Crippen molar-refractivity contribution in [2.75, 3.05) is 38.6 Å². The summed E-state index contributed by atoms with van der Waals surface area (Å²) in [6, 6.07) is 0.394. The number of nitrogens with two attached hydrogens (primary N) is 1.